The number of carbonyl (C=O) groups is 3. The van der Waals surface area contributed by atoms with Gasteiger partial charge >= 0.3 is 11.9 Å². The summed E-state index contributed by atoms with van der Waals surface area (Å²) in [5.41, 5.74) is 1.73. The Balaban J connectivity index is 1.22. The zero-order valence-electron chi connectivity index (χ0n) is 25.5. The fraction of sp³-hybridized carbons (Fsp3) is 0.400. The second-order valence-electron chi connectivity index (χ2n) is 10.6. The summed E-state index contributed by atoms with van der Waals surface area (Å²) in [6, 6.07) is 22.6. The predicted octanol–water partition coefficient (Wildman–Crippen LogP) is 5.75. The molecule has 0 N–H and O–H groups in total. The van der Waals surface area contributed by atoms with Crippen LogP contribution in [0.4, 0.5) is 0 Å². The number of hydrogen-bond donors (Lipinski definition) is 0. The van der Waals surface area contributed by atoms with Gasteiger partial charge in [0.25, 0.3) is 5.91 Å². The minimum Gasteiger partial charge on any atom is -0.494 e. The van der Waals surface area contributed by atoms with Crippen LogP contribution in [0.5, 0.6) is 17.2 Å². The van der Waals surface area contributed by atoms with Crippen molar-refractivity contribution < 1.29 is 38.1 Å². The molecule has 4 rings (SSSR count). The van der Waals surface area contributed by atoms with Crippen LogP contribution in [0.1, 0.15) is 58.4 Å². The largest absolute Gasteiger partial charge is 0.494 e. The highest BCUT2D eigenvalue weighted by molar-refractivity contribution is 6.00. The van der Waals surface area contributed by atoms with Gasteiger partial charge in [-0.1, -0.05) is 30.3 Å². The molecule has 0 aliphatic carbocycles. The maximum atomic E-state index is 13.5. The summed E-state index contributed by atoms with van der Waals surface area (Å²) in [4.78, 5) is 39.2. The fourth-order valence-corrected chi connectivity index (χ4v) is 5.03. The summed E-state index contributed by atoms with van der Waals surface area (Å²) >= 11 is 0. The molecule has 44 heavy (non-hydrogen) atoms. The van der Waals surface area contributed by atoms with Crippen LogP contribution in [0.25, 0.3) is 0 Å². The molecule has 1 fully saturated rings. The Labute approximate surface area is 259 Å². The molecule has 9 heteroatoms. The van der Waals surface area contributed by atoms with Gasteiger partial charge in [-0.2, -0.15) is 0 Å². The number of ether oxygens (including phenoxy) is 5. The van der Waals surface area contributed by atoms with Crippen LogP contribution in [0.3, 0.4) is 0 Å². The third-order valence-corrected chi connectivity index (χ3v) is 7.56. The smallest absolute Gasteiger partial charge is 0.337 e. The molecule has 0 radical (unpaired) electrons. The van der Waals surface area contributed by atoms with Crippen molar-refractivity contribution in [3.05, 3.63) is 89.5 Å². The zero-order valence-corrected chi connectivity index (χ0v) is 25.5. The third-order valence-electron chi connectivity index (χ3n) is 7.56. The van der Waals surface area contributed by atoms with Gasteiger partial charge in [0, 0.05) is 13.1 Å². The first-order valence-corrected chi connectivity index (χ1v) is 15.1. The maximum absolute atomic E-state index is 13.5. The number of nitrogens with zero attached hydrogens (tertiary/aromatic N) is 1. The van der Waals surface area contributed by atoms with Gasteiger partial charge in [-0.25, -0.2) is 4.79 Å². The number of carbonyl (C=O) groups excluding carboxylic acids is 3. The molecule has 1 aliphatic rings. The Kier molecular flexibility index (Phi) is 12.5. The molecule has 0 unspecified atom stereocenters. The van der Waals surface area contributed by atoms with Crippen molar-refractivity contribution >= 4 is 17.8 Å². The van der Waals surface area contributed by atoms with Gasteiger partial charge in [0.15, 0.2) is 0 Å². The van der Waals surface area contributed by atoms with Gasteiger partial charge in [0.1, 0.15) is 17.2 Å². The third kappa shape index (κ3) is 9.49. The number of hydrogen-bond acceptors (Lipinski definition) is 8. The van der Waals surface area contributed by atoms with Gasteiger partial charge < -0.3 is 28.6 Å². The minimum atomic E-state index is -0.528. The van der Waals surface area contributed by atoms with E-state index in [1.807, 2.05) is 54.6 Å². The molecule has 1 heterocycles. The molecular formula is C35H41NO8. The average molecular weight is 604 g/mol. The predicted molar refractivity (Wildman–Crippen MR) is 165 cm³/mol. The Morgan fingerprint density at radius 3 is 2.00 bits per heavy atom. The van der Waals surface area contributed by atoms with Crippen LogP contribution in [0.15, 0.2) is 72.8 Å². The number of likely N-dealkylation sites (tertiary alicyclic amines) is 1. The Bertz CT molecular complexity index is 1350. The Morgan fingerprint density at radius 1 is 0.727 bits per heavy atom. The summed E-state index contributed by atoms with van der Waals surface area (Å²) in [5, 5.41) is 0. The fourth-order valence-electron chi connectivity index (χ4n) is 5.03. The van der Waals surface area contributed by atoms with Crippen LogP contribution in [-0.2, 0) is 20.7 Å². The summed E-state index contributed by atoms with van der Waals surface area (Å²) in [7, 11) is 2.67. The summed E-state index contributed by atoms with van der Waals surface area (Å²) in [6.07, 6.45) is 4.40. The molecule has 0 bridgehead atoms. The van der Waals surface area contributed by atoms with Crippen molar-refractivity contribution in [2.45, 2.75) is 38.5 Å². The number of unbranched alkanes of at least 4 members (excludes halogenated alkanes) is 1. The molecule has 0 saturated carbocycles. The monoisotopic (exact) mass is 603 g/mol. The highest BCUT2D eigenvalue weighted by Gasteiger charge is 2.30. The molecule has 3 aromatic rings. The van der Waals surface area contributed by atoms with Crippen LogP contribution >= 0.6 is 0 Å². The number of aryl methyl sites for hydroxylation is 1. The second kappa shape index (κ2) is 16.9. The Hall–Kier alpha value is -4.53. The van der Waals surface area contributed by atoms with Crippen molar-refractivity contribution in [1.29, 1.82) is 0 Å². The average Bonchev–Trinajstić information content (AvgIpc) is 3.08. The Morgan fingerprint density at radius 2 is 1.36 bits per heavy atom. The minimum absolute atomic E-state index is 0.216. The van der Waals surface area contributed by atoms with Crippen LogP contribution in [-0.4, -0.2) is 69.9 Å². The molecule has 0 spiro atoms. The number of benzene rings is 3. The van der Waals surface area contributed by atoms with Crippen LogP contribution in [0, 0.1) is 5.92 Å². The van der Waals surface area contributed by atoms with E-state index in [-0.39, 0.29) is 23.4 Å². The molecule has 1 aliphatic heterocycles. The number of para-hydroxylation sites is 1. The lowest BCUT2D eigenvalue weighted by atomic mass is 9.96. The van der Waals surface area contributed by atoms with E-state index in [1.165, 1.54) is 20.3 Å². The van der Waals surface area contributed by atoms with Gasteiger partial charge in [0.05, 0.1) is 51.1 Å². The van der Waals surface area contributed by atoms with Gasteiger partial charge in [-0.15, -0.1) is 0 Å². The summed E-state index contributed by atoms with van der Waals surface area (Å²) in [6.45, 7) is 2.52. The first-order valence-electron chi connectivity index (χ1n) is 15.1. The highest BCUT2D eigenvalue weighted by atomic mass is 16.5. The molecular weight excluding hydrogens is 562 g/mol. The molecule has 0 atom stereocenters. The van der Waals surface area contributed by atoms with E-state index >= 15 is 0 Å². The normalized spacial score (nSPS) is 13.2. The number of rotatable bonds is 15. The number of piperidine rings is 1. The lowest BCUT2D eigenvalue weighted by Crippen LogP contribution is -2.40. The molecule has 234 valence electrons. The van der Waals surface area contributed by atoms with Crippen molar-refractivity contribution in [3.8, 4) is 17.2 Å². The number of methoxy groups -OCH3 is 2. The number of amides is 1. The molecule has 1 saturated heterocycles. The van der Waals surface area contributed by atoms with Gasteiger partial charge in [0.2, 0.25) is 0 Å². The van der Waals surface area contributed by atoms with E-state index in [9.17, 15) is 14.4 Å². The zero-order chi connectivity index (χ0) is 31.1. The SMILES string of the molecule is COC(=O)c1ccc(OCCCc2ccc(OCCCCOc3ccccc3)cc2)c(C(=O)N2CCC(C(=O)OC)CC2)c1. The standard InChI is InChI=1S/C35H41NO8/c1-40-34(38)27-18-20-36(21-19-27)33(37)31-25-28(35(39)41-2)14-17-32(31)44-24-8-9-26-12-15-30(16-13-26)43-23-7-6-22-42-29-10-4-3-5-11-29/h3-5,10-17,25,27H,6-9,18-24H2,1-2H3. The van der Waals surface area contributed by atoms with Crippen LogP contribution in [0.2, 0.25) is 0 Å². The van der Waals surface area contributed by atoms with Crippen molar-refractivity contribution in [2.75, 3.05) is 47.1 Å². The first-order chi connectivity index (χ1) is 21.5. The van der Waals surface area contributed by atoms with Crippen molar-refractivity contribution in [2.24, 2.45) is 5.92 Å². The van der Waals surface area contributed by atoms with E-state index in [4.69, 9.17) is 23.7 Å². The van der Waals surface area contributed by atoms with E-state index < -0.39 is 5.97 Å². The van der Waals surface area contributed by atoms with Crippen molar-refractivity contribution in [1.82, 2.24) is 4.90 Å². The first kappa shape index (κ1) is 32.4. The molecule has 3 aromatic carbocycles. The maximum Gasteiger partial charge on any atom is 0.337 e. The molecule has 1 amide bonds. The summed E-state index contributed by atoms with van der Waals surface area (Å²) < 4.78 is 27.3. The molecule has 9 nitrogen and oxygen atoms in total. The van der Waals surface area contributed by atoms with E-state index in [0.717, 1.165) is 42.7 Å². The lowest BCUT2D eigenvalue weighted by Gasteiger charge is -2.31. The van der Waals surface area contributed by atoms with Gasteiger partial charge in [-0.05, 0) is 86.6 Å². The van der Waals surface area contributed by atoms with Crippen molar-refractivity contribution in [3.63, 3.8) is 0 Å². The van der Waals surface area contributed by atoms with E-state index in [1.54, 1.807) is 17.0 Å². The van der Waals surface area contributed by atoms with Crippen LogP contribution < -0.4 is 14.2 Å². The van der Waals surface area contributed by atoms with Gasteiger partial charge in [-0.3, -0.25) is 9.59 Å². The molecule has 0 aromatic heterocycles. The lowest BCUT2D eigenvalue weighted by molar-refractivity contribution is -0.146. The quantitative estimate of drug-likeness (QED) is 0.160. The van der Waals surface area contributed by atoms with E-state index in [0.29, 0.717) is 57.1 Å². The highest BCUT2D eigenvalue weighted by Crippen LogP contribution is 2.26. The second-order valence-corrected chi connectivity index (χ2v) is 10.6. The topological polar surface area (TPSA) is 101 Å². The number of esters is 2. The van der Waals surface area contributed by atoms with E-state index in [2.05, 4.69) is 0 Å². The summed E-state index contributed by atoms with van der Waals surface area (Å²) in [5.74, 6) is 0.888.